The van der Waals surface area contributed by atoms with Gasteiger partial charge < -0.3 is 5.32 Å². The van der Waals surface area contributed by atoms with Crippen molar-refractivity contribution in [1.82, 2.24) is 5.32 Å². The molecule has 1 aromatic carbocycles. The molecule has 1 aromatic rings. The van der Waals surface area contributed by atoms with Crippen molar-refractivity contribution >= 4 is 11.4 Å². The van der Waals surface area contributed by atoms with Gasteiger partial charge in [0.15, 0.2) is 0 Å². The van der Waals surface area contributed by atoms with Gasteiger partial charge in [-0.15, -0.1) is 0 Å². The molecule has 0 fully saturated rings. The number of para-hydroxylation sites is 1. The van der Waals surface area contributed by atoms with Crippen LogP contribution < -0.4 is 5.32 Å². The van der Waals surface area contributed by atoms with Crippen molar-refractivity contribution in [3.05, 3.63) is 42.1 Å². The third kappa shape index (κ3) is 6.89. The van der Waals surface area contributed by atoms with Crippen molar-refractivity contribution in [1.29, 1.82) is 0 Å². The normalized spacial score (nSPS) is 9.39. The standard InChI is InChI=1S/C12H16N2.2C2H6/c1-9-7-5-6-8-12(9)14-11(3)10(2)13-4;2*1-2/h5-8,13H,2H2,1,3-4H3;2*1-2H3. The van der Waals surface area contributed by atoms with E-state index in [9.17, 15) is 0 Å². The molecule has 1 rings (SSSR count). The Hall–Kier alpha value is -1.57. The maximum absolute atomic E-state index is 4.48. The van der Waals surface area contributed by atoms with Crippen LogP contribution in [0.1, 0.15) is 40.2 Å². The first-order valence-corrected chi connectivity index (χ1v) is 6.63. The number of hydrogen-bond donors (Lipinski definition) is 1. The molecule has 2 nitrogen and oxygen atoms in total. The van der Waals surface area contributed by atoms with Gasteiger partial charge in [0.2, 0.25) is 0 Å². The molecule has 0 radical (unpaired) electrons. The Morgan fingerprint density at radius 2 is 1.61 bits per heavy atom. The van der Waals surface area contributed by atoms with Crippen molar-refractivity contribution in [3.63, 3.8) is 0 Å². The molecule has 0 saturated carbocycles. The Balaban J connectivity index is 0. The third-order valence-electron chi connectivity index (χ3n) is 2.14. The summed E-state index contributed by atoms with van der Waals surface area (Å²) in [5, 5.41) is 2.98. The van der Waals surface area contributed by atoms with Crippen LogP contribution in [0, 0.1) is 6.92 Å². The summed E-state index contributed by atoms with van der Waals surface area (Å²) in [5.74, 6) is 0. The van der Waals surface area contributed by atoms with E-state index in [-0.39, 0.29) is 0 Å². The first-order chi connectivity index (χ1) is 8.65. The van der Waals surface area contributed by atoms with Gasteiger partial charge in [-0.3, -0.25) is 4.99 Å². The minimum atomic E-state index is 0.855. The minimum Gasteiger partial charge on any atom is -0.387 e. The lowest BCUT2D eigenvalue weighted by Crippen LogP contribution is -2.11. The number of aliphatic imine (C=N–C) groups is 1. The Kier molecular flexibility index (Phi) is 12.4. The fraction of sp³-hybridized carbons (Fsp3) is 0.438. The lowest BCUT2D eigenvalue weighted by atomic mass is 10.2. The molecule has 0 aliphatic carbocycles. The highest BCUT2D eigenvalue weighted by Crippen LogP contribution is 2.17. The second-order valence-electron chi connectivity index (χ2n) is 3.21. The molecule has 0 saturated heterocycles. The van der Waals surface area contributed by atoms with Crippen LogP contribution in [0.25, 0.3) is 0 Å². The summed E-state index contributed by atoms with van der Waals surface area (Å²) in [6.45, 7) is 15.9. The van der Waals surface area contributed by atoms with Crippen molar-refractivity contribution in [2.45, 2.75) is 41.5 Å². The maximum Gasteiger partial charge on any atom is 0.0662 e. The number of nitrogens with one attached hydrogen (secondary N) is 1. The highest BCUT2D eigenvalue weighted by atomic mass is 14.9. The van der Waals surface area contributed by atoms with Gasteiger partial charge in [0, 0.05) is 12.7 Å². The Morgan fingerprint density at radius 3 is 2.06 bits per heavy atom. The van der Waals surface area contributed by atoms with Crippen LogP contribution in [-0.2, 0) is 0 Å². The van der Waals surface area contributed by atoms with Crippen LogP contribution in [0.4, 0.5) is 5.69 Å². The topological polar surface area (TPSA) is 24.4 Å². The van der Waals surface area contributed by atoms with Crippen molar-refractivity contribution < 1.29 is 0 Å². The molecule has 0 aliphatic heterocycles. The van der Waals surface area contributed by atoms with Crippen LogP contribution in [0.3, 0.4) is 0 Å². The number of nitrogens with zero attached hydrogens (tertiary/aromatic N) is 1. The molecule has 0 aromatic heterocycles. The van der Waals surface area contributed by atoms with Crippen LogP contribution in [0.5, 0.6) is 0 Å². The van der Waals surface area contributed by atoms with Crippen molar-refractivity contribution in [2.75, 3.05) is 7.05 Å². The quantitative estimate of drug-likeness (QED) is 0.758. The summed E-state index contributed by atoms with van der Waals surface area (Å²) in [4.78, 5) is 4.48. The third-order valence-corrected chi connectivity index (χ3v) is 2.14. The number of allylic oxidation sites excluding steroid dienone is 1. The summed E-state index contributed by atoms with van der Waals surface area (Å²) >= 11 is 0. The average molecular weight is 248 g/mol. The molecule has 0 atom stereocenters. The zero-order chi connectivity index (χ0) is 14.6. The van der Waals surface area contributed by atoms with Gasteiger partial charge >= 0.3 is 0 Å². The van der Waals surface area contributed by atoms with E-state index in [2.05, 4.69) is 16.9 Å². The molecule has 1 N–H and O–H groups in total. The van der Waals surface area contributed by atoms with Crippen LogP contribution in [0.15, 0.2) is 41.5 Å². The number of rotatable bonds is 3. The molecule has 0 heterocycles. The number of aryl methyl sites for hydroxylation is 1. The molecule has 18 heavy (non-hydrogen) atoms. The van der Waals surface area contributed by atoms with Crippen LogP contribution in [-0.4, -0.2) is 12.8 Å². The van der Waals surface area contributed by atoms with Gasteiger partial charge in [-0.1, -0.05) is 52.5 Å². The van der Waals surface area contributed by atoms with E-state index in [1.807, 2.05) is 72.9 Å². The predicted octanol–water partition coefficient (Wildman–Crippen LogP) is 4.87. The van der Waals surface area contributed by atoms with E-state index in [0.717, 1.165) is 17.1 Å². The molecule has 0 spiro atoms. The molecular weight excluding hydrogens is 220 g/mol. The Bertz CT molecular complexity index is 365. The fourth-order valence-corrected chi connectivity index (χ4v) is 1.12. The first-order valence-electron chi connectivity index (χ1n) is 6.63. The molecule has 0 unspecified atom stereocenters. The molecule has 2 heteroatoms. The Morgan fingerprint density at radius 1 is 1.11 bits per heavy atom. The Labute approximate surface area is 113 Å². The first kappa shape index (κ1) is 18.8. The summed E-state index contributed by atoms with van der Waals surface area (Å²) in [6.07, 6.45) is 0. The van der Waals surface area contributed by atoms with Crippen LogP contribution in [0.2, 0.25) is 0 Å². The minimum absolute atomic E-state index is 0.855. The second kappa shape index (κ2) is 11.9. The van der Waals surface area contributed by atoms with E-state index >= 15 is 0 Å². The molecule has 0 amide bonds. The van der Waals surface area contributed by atoms with Crippen molar-refractivity contribution in [3.8, 4) is 0 Å². The van der Waals surface area contributed by atoms with E-state index < -0.39 is 0 Å². The van der Waals surface area contributed by atoms with Gasteiger partial charge in [-0.2, -0.15) is 0 Å². The predicted molar refractivity (Wildman–Crippen MR) is 84.8 cm³/mol. The summed E-state index contributed by atoms with van der Waals surface area (Å²) in [6, 6.07) is 8.05. The van der Waals surface area contributed by atoms with Gasteiger partial charge in [0.25, 0.3) is 0 Å². The van der Waals surface area contributed by atoms with Gasteiger partial charge in [0.05, 0.1) is 11.4 Å². The zero-order valence-corrected chi connectivity index (χ0v) is 13.0. The zero-order valence-electron chi connectivity index (χ0n) is 13.0. The average Bonchev–Trinajstić information content (AvgIpc) is 2.44. The van der Waals surface area contributed by atoms with E-state index in [0.29, 0.717) is 0 Å². The lowest BCUT2D eigenvalue weighted by Gasteiger charge is -2.05. The van der Waals surface area contributed by atoms with Gasteiger partial charge in [-0.25, -0.2) is 0 Å². The van der Waals surface area contributed by atoms with Gasteiger partial charge in [0.1, 0.15) is 0 Å². The summed E-state index contributed by atoms with van der Waals surface area (Å²) in [7, 11) is 1.85. The largest absolute Gasteiger partial charge is 0.387 e. The summed E-state index contributed by atoms with van der Waals surface area (Å²) < 4.78 is 0. The number of hydrogen-bond acceptors (Lipinski definition) is 2. The SMILES string of the molecule is C=C(NC)C(C)=Nc1ccccc1C.CC.CC. The van der Waals surface area contributed by atoms with Gasteiger partial charge in [-0.05, 0) is 25.5 Å². The lowest BCUT2D eigenvalue weighted by molar-refractivity contribution is 1.05. The monoisotopic (exact) mass is 248 g/mol. The second-order valence-corrected chi connectivity index (χ2v) is 3.21. The van der Waals surface area contributed by atoms with E-state index in [1.165, 1.54) is 5.56 Å². The highest BCUT2D eigenvalue weighted by molar-refractivity contribution is 5.98. The van der Waals surface area contributed by atoms with Crippen LogP contribution >= 0.6 is 0 Å². The molecular formula is C16H28N2. The molecule has 102 valence electrons. The van der Waals surface area contributed by atoms with E-state index in [1.54, 1.807) is 0 Å². The number of benzene rings is 1. The van der Waals surface area contributed by atoms with E-state index in [4.69, 9.17) is 0 Å². The fourth-order valence-electron chi connectivity index (χ4n) is 1.12. The highest BCUT2D eigenvalue weighted by Gasteiger charge is 1.97. The van der Waals surface area contributed by atoms with Crippen molar-refractivity contribution in [2.24, 2.45) is 4.99 Å². The molecule has 0 aliphatic rings. The maximum atomic E-state index is 4.48. The smallest absolute Gasteiger partial charge is 0.0662 e. The summed E-state index contributed by atoms with van der Waals surface area (Å²) in [5.41, 5.74) is 3.95. The molecule has 0 bridgehead atoms.